The maximum atomic E-state index is 13.9. The van der Waals surface area contributed by atoms with E-state index >= 15 is 0 Å². The van der Waals surface area contributed by atoms with Crippen LogP contribution in [0.4, 0.5) is 0 Å². The highest BCUT2D eigenvalue weighted by molar-refractivity contribution is 5.98. The van der Waals surface area contributed by atoms with Crippen LogP contribution in [0.2, 0.25) is 0 Å². The number of rotatable bonds is 3. The summed E-state index contributed by atoms with van der Waals surface area (Å²) in [5.74, 6) is 0.269. The predicted octanol–water partition coefficient (Wildman–Crippen LogP) is 4.50. The highest BCUT2D eigenvalue weighted by atomic mass is 16.5. The summed E-state index contributed by atoms with van der Waals surface area (Å²) in [6.07, 6.45) is 9.05. The molecular weight excluding hydrogens is 384 g/mol. The van der Waals surface area contributed by atoms with Crippen molar-refractivity contribution < 1.29 is 9.53 Å². The maximum Gasteiger partial charge on any atom is 0.230 e. The van der Waals surface area contributed by atoms with Crippen LogP contribution in [0.1, 0.15) is 62.0 Å². The molecule has 0 N–H and O–H groups in total. The molecule has 1 amide bonds. The molecule has 4 heteroatoms. The normalized spacial score (nSPS) is 32.9. The van der Waals surface area contributed by atoms with Crippen LogP contribution in [0, 0.1) is 0 Å². The van der Waals surface area contributed by atoms with Gasteiger partial charge in [-0.3, -0.25) is 9.69 Å². The van der Waals surface area contributed by atoms with Crippen LogP contribution in [0.25, 0.3) is 10.8 Å². The van der Waals surface area contributed by atoms with Crippen molar-refractivity contribution in [3.05, 3.63) is 47.5 Å². The Hall–Kier alpha value is -1.91. The van der Waals surface area contributed by atoms with Gasteiger partial charge in [-0.2, -0.15) is 0 Å². The van der Waals surface area contributed by atoms with E-state index in [-0.39, 0.29) is 11.5 Å². The fourth-order valence-electron chi connectivity index (χ4n) is 7.10. The Morgan fingerprint density at radius 1 is 1.10 bits per heavy atom. The van der Waals surface area contributed by atoms with Gasteiger partial charge in [-0.05, 0) is 86.4 Å². The third-order valence-corrected chi connectivity index (χ3v) is 8.68. The Morgan fingerprint density at radius 3 is 2.68 bits per heavy atom. The van der Waals surface area contributed by atoms with Crippen molar-refractivity contribution in [1.82, 2.24) is 9.80 Å². The van der Waals surface area contributed by atoms with E-state index in [0.717, 1.165) is 32.3 Å². The molecular formula is C27H34N2O2. The van der Waals surface area contributed by atoms with Crippen LogP contribution in [-0.2, 0) is 16.0 Å². The summed E-state index contributed by atoms with van der Waals surface area (Å²) >= 11 is 0. The summed E-state index contributed by atoms with van der Waals surface area (Å²) < 4.78 is 6.31. The number of ether oxygens (including phenoxy) is 1. The molecule has 0 unspecified atom stereocenters. The van der Waals surface area contributed by atoms with Crippen molar-refractivity contribution in [1.29, 1.82) is 0 Å². The zero-order valence-corrected chi connectivity index (χ0v) is 18.7. The lowest BCUT2D eigenvalue weighted by atomic mass is 9.76. The van der Waals surface area contributed by atoms with E-state index in [0.29, 0.717) is 18.0 Å². The van der Waals surface area contributed by atoms with E-state index in [1.165, 1.54) is 60.7 Å². The molecule has 6 rings (SSSR count). The van der Waals surface area contributed by atoms with Crippen molar-refractivity contribution in [2.75, 3.05) is 26.7 Å². The quantitative estimate of drug-likeness (QED) is 0.736. The highest BCUT2D eigenvalue weighted by Crippen LogP contribution is 2.44. The molecule has 2 aliphatic heterocycles. The second kappa shape index (κ2) is 7.60. The molecule has 31 heavy (non-hydrogen) atoms. The van der Waals surface area contributed by atoms with Gasteiger partial charge in [0.1, 0.15) is 0 Å². The fraction of sp³-hybridized carbons (Fsp3) is 0.593. The van der Waals surface area contributed by atoms with Gasteiger partial charge in [0, 0.05) is 25.7 Å². The Morgan fingerprint density at radius 2 is 1.90 bits per heavy atom. The molecule has 2 aromatic carbocycles. The Kier molecular flexibility index (Phi) is 4.84. The van der Waals surface area contributed by atoms with E-state index in [1.807, 2.05) is 0 Å². The lowest BCUT2D eigenvalue weighted by Gasteiger charge is -2.48. The van der Waals surface area contributed by atoms with Crippen LogP contribution in [0.5, 0.6) is 0 Å². The van der Waals surface area contributed by atoms with Gasteiger partial charge in [0.25, 0.3) is 0 Å². The lowest BCUT2D eigenvalue weighted by Crippen LogP contribution is -2.58. The van der Waals surface area contributed by atoms with Gasteiger partial charge in [-0.1, -0.05) is 36.4 Å². The molecule has 0 aromatic heterocycles. The molecule has 2 heterocycles. The van der Waals surface area contributed by atoms with Gasteiger partial charge in [0.15, 0.2) is 0 Å². The number of amides is 1. The zero-order valence-electron chi connectivity index (χ0n) is 18.7. The van der Waals surface area contributed by atoms with Gasteiger partial charge in [-0.15, -0.1) is 0 Å². The van der Waals surface area contributed by atoms with Crippen LogP contribution >= 0.6 is 0 Å². The summed E-state index contributed by atoms with van der Waals surface area (Å²) in [7, 11) is 2.08. The van der Waals surface area contributed by atoms with E-state index in [1.54, 1.807) is 0 Å². The van der Waals surface area contributed by atoms with Crippen molar-refractivity contribution in [3.8, 4) is 0 Å². The Labute approximate surface area is 185 Å². The second-order valence-corrected chi connectivity index (χ2v) is 10.3. The smallest absolute Gasteiger partial charge is 0.230 e. The fourth-order valence-corrected chi connectivity index (χ4v) is 7.10. The third-order valence-electron chi connectivity index (χ3n) is 8.68. The first-order valence-electron chi connectivity index (χ1n) is 12.3. The highest BCUT2D eigenvalue weighted by Gasteiger charge is 2.48. The number of carbonyl (C=O) groups is 1. The van der Waals surface area contributed by atoms with Crippen molar-refractivity contribution in [3.63, 3.8) is 0 Å². The summed E-state index contributed by atoms with van der Waals surface area (Å²) in [6, 6.07) is 13.7. The number of carbonyl (C=O) groups excluding carboxylic acids is 1. The van der Waals surface area contributed by atoms with Crippen LogP contribution < -0.4 is 0 Å². The van der Waals surface area contributed by atoms with Crippen LogP contribution in [0.3, 0.4) is 0 Å². The van der Waals surface area contributed by atoms with Gasteiger partial charge in [0.2, 0.25) is 5.91 Å². The number of likely N-dealkylation sites (tertiary alicyclic amines) is 1. The number of nitrogens with zero attached hydrogens (tertiary/aromatic N) is 2. The zero-order chi connectivity index (χ0) is 21.0. The molecule has 2 saturated heterocycles. The summed E-state index contributed by atoms with van der Waals surface area (Å²) in [5.41, 5.74) is 2.63. The minimum absolute atomic E-state index is 0.0380. The maximum absolute atomic E-state index is 13.9. The first kappa shape index (κ1) is 19.8. The van der Waals surface area contributed by atoms with Gasteiger partial charge >= 0.3 is 0 Å². The molecule has 1 saturated carbocycles. The first-order valence-corrected chi connectivity index (χ1v) is 12.3. The number of likely N-dealkylation sites (N-methyl/N-ethyl adjacent to an activating group) is 1. The van der Waals surface area contributed by atoms with Crippen molar-refractivity contribution in [2.45, 2.75) is 75.0 Å². The molecule has 4 nitrogen and oxygen atoms in total. The Balaban J connectivity index is 1.27. The van der Waals surface area contributed by atoms with Crippen molar-refractivity contribution >= 4 is 16.7 Å². The standard InChI is InChI=1S/C27H34N2O2/c1-28(26(30)22-17-20-9-4-7-19-8-5-10-21(22)25(19)20)23-11-13-27(12-6-16-31-27)18-24(23)29-14-2-3-15-29/h4-5,7-10,22-24H,2-3,6,11-18H2,1H3/t22-,23-,24-,27+/m0/s1. The molecule has 3 fully saturated rings. The van der Waals surface area contributed by atoms with Gasteiger partial charge < -0.3 is 9.64 Å². The third kappa shape index (κ3) is 3.22. The minimum Gasteiger partial charge on any atom is -0.375 e. The monoisotopic (exact) mass is 418 g/mol. The van der Waals surface area contributed by atoms with E-state index in [9.17, 15) is 4.79 Å². The first-order chi connectivity index (χ1) is 15.2. The molecule has 4 aliphatic rings. The van der Waals surface area contributed by atoms with E-state index in [2.05, 4.69) is 53.2 Å². The molecule has 0 radical (unpaired) electrons. The Bertz CT molecular complexity index is 985. The summed E-state index contributed by atoms with van der Waals surface area (Å²) in [6.45, 7) is 3.26. The largest absolute Gasteiger partial charge is 0.375 e. The van der Waals surface area contributed by atoms with Crippen LogP contribution in [0.15, 0.2) is 36.4 Å². The van der Waals surface area contributed by atoms with Gasteiger partial charge in [-0.25, -0.2) is 0 Å². The number of hydrogen-bond donors (Lipinski definition) is 0. The SMILES string of the molecule is CN(C(=O)[C@H]1Cc2cccc3cccc1c23)[C@H]1CC[C@]2(CCCO2)C[C@@H]1N1CCCC1. The average Bonchev–Trinajstić information content (AvgIpc) is 3.55. The number of benzene rings is 2. The molecule has 4 atom stereocenters. The van der Waals surface area contributed by atoms with Gasteiger partial charge in [0.05, 0.1) is 11.5 Å². The van der Waals surface area contributed by atoms with Crippen molar-refractivity contribution in [2.24, 2.45) is 0 Å². The summed E-state index contributed by atoms with van der Waals surface area (Å²) in [5, 5.41) is 2.58. The topological polar surface area (TPSA) is 32.8 Å². The molecule has 0 bridgehead atoms. The second-order valence-electron chi connectivity index (χ2n) is 10.3. The minimum atomic E-state index is -0.0380. The summed E-state index contributed by atoms with van der Waals surface area (Å²) in [4.78, 5) is 18.7. The lowest BCUT2D eigenvalue weighted by molar-refractivity contribution is -0.139. The van der Waals surface area contributed by atoms with E-state index in [4.69, 9.17) is 4.74 Å². The molecule has 2 aromatic rings. The average molecular weight is 419 g/mol. The molecule has 164 valence electrons. The number of hydrogen-bond acceptors (Lipinski definition) is 3. The molecule has 2 aliphatic carbocycles. The molecule has 1 spiro atoms. The van der Waals surface area contributed by atoms with E-state index < -0.39 is 0 Å². The predicted molar refractivity (Wildman–Crippen MR) is 123 cm³/mol. The van der Waals surface area contributed by atoms with Crippen LogP contribution in [-0.4, -0.2) is 60.1 Å².